The summed E-state index contributed by atoms with van der Waals surface area (Å²) in [4.78, 5) is 17.0. The summed E-state index contributed by atoms with van der Waals surface area (Å²) in [5.41, 5.74) is 3.09. The first kappa shape index (κ1) is 19.4. The molecule has 1 aliphatic heterocycles. The predicted octanol–water partition coefficient (Wildman–Crippen LogP) is 4.37. The van der Waals surface area contributed by atoms with E-state index in [9.17, 15) is 14.3 Å². The van der Waals surface area contributed by atoms with Gasteiger partial charge in [-0.15, -0.1) is 0 Å². The Hall–Kier alpha value is -2.90. The Kier molecular flexibility index (Phi) is 5.78. The minimum Gasteiger partial charge on any atom is -0.478 e. The number of nitrogens with one attached hydrogen (secondary N) is 2. The molecule has 0 saturated heterocycles. The van der Waals surface area contributed by atoms with Crippen molar-refractivity contribution in [3.05, 3.63) is 83.4 Å². The first-order valence-corrected chi connectivity index (χ1v) is 10.1. The molecule has 0 spiro atoms. The molecule has 3 N–H and O–H groups in total. The molecule has 148 valence electrons. The zero-order chi connectivity index (χ0) is 20.2. The number of nitrogens with zero attached hydrogens (tertiary/aromatic N) is 1. The number of carbonyl (C=O) groups is 1. The number of pyridine rings is 1. The van der Waals surface area contributed by atoms with Gasteiger partial charge in [-0.2, -0.15) is 0 Å². The molecule has 1 aromatic heterocycles. The molecule has 2 aromatic carbocycles. The lowest BCUT2D eigenvalue weighted by molar-refractivity contribution is 0.0697. The monoisotopic (exact) mass is 409 g/mol. The van der Waals surface area contributed by atoms with Crippen LogP contribution in [0.5, 0.6) is 0 Å². The van der Waals surface area contributed by atoms with Gasteiger partial charge in [-0.1, -0.05) is 30.0 Å². The lowest BCUT2D eigenvalue weighted by Crippen LogP contribution is -2.34. The molecule has 0 fully saturated rings. The SMILES string of the molecule is O=C(O)c1ccncc1NC[C@@H]1NCCc2cc(Sc3ccccc3F)ccc21. The first-order valence-electron chi connectivity index (χ1n) is 9.31. The predicted molar refractivity (Wildman–Crippen MR) is 111 cm³/mol. The average Bonchev–Trinajstić information content (AvgIpc) is 2.74. The van der Waals surface area contributed by atoms with Gasteiger partial charge in [-0.3, -0.25) is 4.98 Å². The third-order valence-electron chi connectivity index (χ3n) is 4.89. The Morgan fingerprint density at radius 1 is 1.28 bits per heavy atom. The number of hydrogen-bond acceptors (Lipinski definition) is 5. The maximum Gasteiger partial charge on any atom is 0.337 e. The zero-order valence-corrected chi connectivity index (χ0v) is 16.4. The summed E-state index contributed by atoms with van der Waals surface area (Å²) < 4.78 is 13.9. The average molecular weight is 409 g/mol. The lowest BCUT2D eigenvalue weighted by Gasteiger charge is -2.28. The summed E-state index contributed by atoms with van der Waals surface area (Å²) in [6, 6.07) is 14.5. The van der Waals surface area contributed by atoms with Crippen LogP contribution in [0.2, 0.25) is 0 Å². The highest BCUT2D eigenvalue weighted by atomic mass is 32.2. The number of fused-ring (bicyclic) bond motifs is 1. The van der Waals surface area contributed by atoms with Crippen LogP contribution in [0.4, 0.5) is 10.1 Å². The van der Waals surface area contributed by atoms with Gasteiger partial charge in [0.05, 0.1) is 17.4 Å². The summed E-state index contributed by atoms with van der Waals surface area (Å²) in [5, 5.41) is 16.0. The van der Waals surface area contributed by atoms with E-state index in [0.717, 1.165) is 17.9 Å². The molecule has 0 bridgehead atoms. The third kappa shape index (κ3) is 4.41. The molecular weight excluding hydrogens is 389 g/mol. The highest BCUT2D eigenvalue weighted by Crippen LogP contribution is 2.33. The molecule has 1 aliphatic rings. The number of carboxylic acids is 1. The fourth-order valence-corrected chi connectivity index (χ4v) is 4.37. The molecule has 3 aromatic rings. The Morgan fingerprint density at radius 3 is 2.97 bits per heavy atom. The minimum absolute atomic E-state index is 0.0492. The van der Waals surface area contributed by atoms with Gasteiger partial charge < -0.3 is 15.7 Å². The molecular formula is C22H20FN3O2S. The van der Waals surface area contributed by atoms with Crippen LogP contribution in [0.15, 0.2) is 70.7 Å². The van der Waals surface area contributed by atoms with Crippen molar-refractivity contribution < 1.29 is 14.3 Å². The Bertz CT molecular complexity index is 1040. The van der Waals surface area contributed by atoms with Crippen molar-refractivity contribution in [1.29, 1.82) is 0 Å². The van der Waals surface area contributed by atoms with E-state index in [1.165, 1.54) is 47.4 Å². The van der Waals surface area contributed by atoms with Gasteiger partial charge >= 0.3 is 5.97 Å². The molecule has 1 atom stereocenters. The maximum absolute atomic E-state index is 13.9. The van der Waals surface area contributed by atoms with Crippen LogP contribution in [0.3, 0.4) is 0 Å². The van der Waals surface area contributed by atoms with Gasteiger partial charge in [-0.25, -0.2) is 9.18 Å². The zero-order valence-electron chi connectivity index (χ0n) is 15.6. The van der Waals surface area contributed by atoms with Gasteiger partial charge in [0.2, 0.25) is 0 Å². The summed E-state index contributed by atoms with van der Waals surface area (Å²) in [5.74, 6) is -1.20. The molecule has 5 nitrogen and oxygen atoms in total. The first-order chi connectivity index (χ1) is 14.1. The van der Waals surface area contributed by atoms with Crippen molar-refractivity contribution in [2.45, 2.75) is 22.3 Å². The molecule has 0 amide bonds. The van der Waals surface area contributed by atoms with Gasteiger partial charge in [0.1, 0.15) is 5.82 Å². The van der Waals surface area contributed by atoms with Crippen LogP contribution >= 0.6 is 11.8 Å². The smallest absolute Gasteiger partial charge is 0.337 e. The van der Waals surface area contributed by atoms with Crippen molar-refractivity contribution in [2.75, 3.05) is 18.4 Å². The van der Waals surface area contributed by atoms with Gasteiger partial charge in [0.25, 0.3) is 0 Å². The minimum atomic E-state index is -0.985. The number of benzene rings is 2. The van der Waals surface area contributed by atoms with Gasteiger partial charge in [0.15, 0.2) is 0 Å². The number of aromatic carboxylic acids is 1. The fourth-order valence-electron chi connectivity index (χ4n) is 3.46. The second-order valence-corrected chi connectivity index (χ2v) is 7.87. The summed E-state index contributed by atoms with van der Waals surface area (Å²) in [6.45, 7) is 1.37. The molecule has 2 heterocycles. The Balaban J connectivity index is 1.50. The van der Waals surface area contributed by atoms with Gasteiger partial charge in [0, 0.05) is 28.6 Å². The van der Waals surface area contributed by atoms with E-state index in [-0.39, 0.29) is 17.4 Å². The molecule has 0 unspecified atom stereocenters. The van der Waals surface area contributed by atoms with Crippen LogP contribution in [-0.4, -0.2) is 29.1 Å². The summed E-state index contributed by atoms with van der Waals surface area (Å²) in [6.07, 6.45) is 3.89. The fraction of sp³-hybridized carbons (Fsp3) is 0.182. The lowest BCUT2D eigenvalue weighted by atomic mass is 9.94. The van der Waals surface area contributed by atoms with E-state index < -0.39 is 5.97 Å². The van der Waals surface area contributed by atoms with Crippen molar-refractivity contribution in [3.8, 4) is 0 Å². The normalized spacial score (nSPS) is 15.6. The maximum atomic E-state index is 13.9. The quantitative estimate of drug-likeness (QED) is 0.561. The molecule has 7 heteroatoms. The van der Waals surface area contributed by atoms with Crippen LogP contribution in [0, 0.1) is 5.82 Å². The van der Waals surface area contributed by atoms with Crippen LogP contribution in [0.25, 0.3) is 0 Å². The van der Waals surface area contributed by atoms with Gasteiger partial charge in [-0.05, 0) is 54.4 Å². The number of aromatic nitrogens is 1. The van der Waals surface area contributed by atoms with Crippen molar-refractivity contribution >= 4 is 23.4 Å². The second kappa shape index (κ2) is 8.63. The van der Waals surface area contributed by atoms with E-state index in [1.807, 2.05) is 12.1 Å². The van der Waals surface area contributed by atoms with Crippen molar-refractivity contribution in [1.82, 2.24) is 10.3 Å². The number of halogens is 1. The number of anilines is 1. The van der Waals surface area contributed by atoms with Crippen molar-refractivity contribution in [3.63, 3.8) is 0 Å². The third-order valence-corrected chi connectivity index (χ3v) is 5.93. The van der Waals surface area contributed by atoms with Crippen LogP contribution in [-0.2, 0) is 6.42 Å². The number of hydrogen-bond donors (Lipinski definition) is 3. The number of rotatable bonds is 6. The van der Waals surface area contributed by atoms with Crippen LogP contribution in [0.1, 0.15) is 27.5 Å². The molecule has 4 rings (SSSR count). The Morgan fingerprint density at radius 2 is 2.14 bits per heavy atom. The van der Waals surface area contributed by atoms with Crippen molar-refractivity contribution in [2.24, 2.45) is 0 Å². The standard InChI is InChI=1S/C22H20FN3O2S/c23-18-3-1-2-4-21(18)29-15-5-6-16-14(11-15)7-10-25-20(16)13-26-19-12-24-9-8-17(19)22(27)28/h1-6,8-9,11-12,20,25-26H,7,10,13H2,(H,27,28)/t20-/m0/s1. The highest BCUT2D eigenvalue weighted by Gasteiger charge is 2.21. The van der Waals surface area contributed by atoms with E-state index in [4.69, 9.17) is 0 Å². The molecule has 0 saturated carbocycles. The second-order valence-electron chi connectivity index (χ2n) is 6.76. The van der Waals surface area contributed by atoms with E-state index in [2.05, 4.69) is 27.8 Å². The molecule has 0 aliphatic carbocycles. The Labute approximate surface area is 172 Å². The highest BCUT2D eigenvalue weighted by molar-refractivity contribution is 7.99. The molecule has 29 heavy (non-hydrogen) atoms. The van der Waals surface area contributed by atoms with Crippen LogP contribution < -0.4 is 10.6 Å². The topological polar surface area (TPSA) is 74.2 Å². The summed E-state index contributed by atoms with van der Waals surface area (Å²) in [7, 11) is 0. The van der Waals surface area contributed by atoms with E-state index >= 15 is 0 Å². The number of carboxylic acid groups (broad SMARTS) is 1. The van der Waals surface area contributed by atoms with E-state index in [1.54, 1.807) is 12.1 Å². The van der Waals surface area contributed by atoms with E-state index in [0.29, 0.717) is 17.1 Å². The molecule has 0 radical (unpaired) electrons. The largest absolute Gasteiger partial charge is 0.478 e. The summed E-state index contributed by atoms with van der Waals surface area (Å²) >= 11 is 1.42.